The zero-order chi connectivity index (χ0) is 21.3. The Balaban J connectivity index is 2.00. The average Bonchev–Trinajstić information content (AvgIpc) is 3.15. The number of hydrogen-bond acceptors (Lipinski definition) is 5. The molecule has 1 amide bonds. The van der Waals surface area contributed by atoms with Crippen LogP contribution in [0.1, 0.15) is 22.4 Å². The van der Waals surface area contributed by atoms with Gasteiger partial charge in [0.2, 0.25) is 0 Å². The van der Waals surface area contributed by atoms with Crippen LogP contribution in [-0.4, -0.2) is 35.6 Å². The molecule has 2 aromatic rings. The van der Waals surface area contributed by atoms with Crippen molar-refractivity contribution >= 4 is 29.2 Å². The molecule has 1 aromatic carbocycles. The van der Waals surface area contributed by atoms with Crippen LogP contribution in [0.4, 0.5) is 24.7 Å². The average molecular weight is 420 g/mol. The predicted octanol–water partition coefficient (Wildman–Crippen LogP) is 4.13. The Bertz CT molecular complexity index is 987. The maximum Gasteiger partial charge on any atom is 0.417 e. The van der Waals surface area contributed by atoms with Gasteiger partial charge >= 0.3 is 6.18 Å². The number of carbonyl (C=O) groups excluding carboxylic acids is 1. The van der Waals surface area contributed by atoms with Crippen LogP contribution in [0.3, 0.4) is 0 Å². The third-order valence-electron chi connectivity index (χ3n) is 4.64. The zero-order valence-corrected chi connectivity index (χ0v) is 16.9. The maximum absolute atomic E-state index is 13.4. The van der Waals surface area contributed by atoms with E-state index in [-0.39, 0.29) is 17.4 Å². The molecule has 1 saturated heterocycles. The lowest BCUT2D eigenvalue weighted by Crippen LogP contribution is -2.44. The van der Waals surface area contributed by atoms with Crippen LogP contribution in [0.25, 0.3) is 0 Å². The SMILES string of the molecule is Cc1cccc(N(C)C(=O)[C@@H]2SCCN2c2nc(C)cc(C(F)(F)F)c2C#N)c1. The van der Waals surface area contributed by atoms with E-state index in [9.17, 15) is 23.2 Å². The second-order valence-electron chi connectivity index (χ2n) is 6.77. The first-order valence-electron chi connectivity index (χ1n) is 8.85. The molecular formula is C20H19F3N4OS. The number of likely N-dealkylation sites (N-methyl/N-ethyl adjacent to an activating group) is 1. The van der Waals surface area contributed by atoms with Gasteiger partial charge in [0, 0.05) is 30.7 Å². The standard InChI is InChI=1S/C20H19F3N4OS/c1-12-5-4-6-14(9-12)26(3)18(28)19-27(7-8-29-19)17-15(11-24)16(20(21,22)23)10-13(2)25-17/h4-6,9-10,19H,7-8H2,1-3H3/t19-/m0/s1. The lowest BCUT2D eigenvalue weighted by Gasteiger charge is -2.29. The van der Waals surface area contributed by atoms with Crippen molar-refractivity contribution < 1.29 is 18.0 Å². The molecule has 0 aliphatic carbocycles. The quantitative estimate of drug-likeness (QED) is 0.747. The fourth-order valence-corrected chi connectivity index (χ4v) is 4.43. The number of benzene rings is 1. The van der Waals surface area contributed by atoms with E-state index in [1.165, 1.54) is 28.5 Å². The fourth-order valence-electron chi connectivity index (χ4n) is 3.22. The number of alkyl halides is 3. The summed E-state index contributed by atoms with van der Waals surface area (Å²) >= 11 is 1.32. The van der Waals surface area contributed by atoms with Crippen molar-refractivity contribution in [2.75, 3.05) is 29.1 Å². The van der Waals surface area contributed by atoms with Gasteiger partial charge in [0.25, 0.3) is 5.91 Å². The predicted molar refractivity (Wildman–Crippen MR) is 107 cm³/mol. The molecule has 5 nitrogen and oxygen atoms in total. The van der Waals surface area contributed by atoms with Gasteiger partial charge in [-0.15, -0.1) is 11.8 Å². The number of aromatic nitrogens is 1. The first-order valence-corrected chi connectivity index (χ1v) is 9.89. The Labute approximate surface area is 171 Å². The van der Waals surface area contributed by atoms with Crippen molar-refractivity contribution in [1.82, 2.24) is 4.98 Å². The number of nitriles is 1. The molecule has 0 N–H and O–H groups in total. The molecule has 0 spiro atoms. The van der Waals surface area contributed by atoms with Crippen LogP contribution >= 0.6 is 11.8 Å². The first kappa shape index (κ1) is 21.0. The summed E-state index contributed by atoms with van der Waals surface area (Å²) < 4.78 is 40.3. The molecule has 152 valence electrons. The highest BCUT2D eigenvalue weighted by Crippen LogP contribution is 2.39. The largest absolute Gasteiger partial charge is 0.417 e. The number of rotatable bonds is 3. The zero-order valence-electron chi connectivity index (χ0n) is 16.1. The van der Waals surface area contributed by atoms with Gasteiger partial charge in [-0.3, -0.25) is 4.79 Å². The fraction of sp³-hybridized carbons (Fsp3) is 0.350. The van der Waals surface area contributed by atoms with E-state index in [0.29, 0.717) is 18.0 Å². The summed E-state index contributed by atoms with van der Waals surface area (Å²) in [6, 6.07) is 9.90. The van der Waals surface area contributed by atoms with Gasteiger partial charge in [-0.2, -0.15) is 18.4 Å². The number of thioether (sulfide) groups is 1. The monoisotopic (exact) mass is 420 g/mol. The van der Waals surface area contributed by atoms with Crippen molar-refractivity contribution in [1.29, 1.82) is 5.26 Å². The number of carbonyl (C=O) groups is 1. The van der Waals surface area contributed by atoms with Gasteiger partial charge in [0.1, 0.15) is 17.5 Å². The van der Waals surface area contributed by atoms with Crippen molar-refractivity contribution in [3.05, 3.63) is 52.7 Å². The number of hydrogen-bond donors (Lipinski definition) is 0. The molecule has 0 saturated carbocycles. The van der Waals surface area contributed by atoms with Crippen molar-refractivity contribution in [3.63, 3.8) is 0 Å². The van der Waals surface area contributed by atoms with E-state index in [1.807, 2.05) is 25.1 Å². The number of halogens is 3. The summed E-state index contributed by atoms with van der Waals surface area (Å²) in [4.78, 5) is 20.3. The number of pyridine rings is 1. The van der Waals surface area contributed by atoms with Gasteiger partial charge in [0.15, 0.2) is 5.37 Å². The molecule has 29 heavy (non-hydrogen) atoms. The van der Waals surface area contributed by atoms with Crippen LogP contribution in [0.2, 0.25) is 0 Å². The third-order valence-corrected chi connectivity index (χ3v) is 5.83. The molecular weight excluding hydrogens is 401 g/mol. The lowest BCUT2D eigenvalue weighted by molar-refractivity contribution is -0.137. The van der Waals surface area contributed by atoms with Crippen molar-refractivity contribution in [3.8, 4) is 6.07 Å². The molecule has 2 heterocycles. The van der Waals surface area contributed by atoms with E-state index in [0.717, 1.165) is 11.6 Å². The molecule has 1 aliphatic rings. The number of aryl methyl sites for hydroxylation is 2. The van der Waals surface area contributed by atoms with Gasteiger partial charge in [-0.25, -0.2) is 4.98 Å². The molecule has 0 unspecified atom stereocenters. The summed E-state index contributed by atoms with van der Waals surface area (Å²) in [5, 5.41) is 8.68. The molecule has 9 heteroatoms. The highest BCUT2D eigenvalue weighted by Gasteiger charge is 2.40. The van der Waals surface area contributed by atoms with Crippen LogP contribution in [0, 0.1) is 25.2 Å². The van der Waals surface area contributed by atoms with Crippen LogP contribution in [0.15, 0.2) is 30.3 Å². The van der Waals surface area contributed by atoms with E-state index in [1.54, 1.807) is 19.2 Å². The summed E-state index contributed by atoms with van der Waals surface area (Å²) in [6.07, 6.45) is -4.68. The highest BCUT2D eigenvalue weighted by atomic mass is 32.2. The summed E-state index contributed by atoms with van der Waals surface area (Å²) in [7, 11) is 1.63. The Morgan fingerprint density at radius 3 is 2.69 bits per heavy atom. The third kappa shape index (κ3) is 4.17. The van der Waals surface area contributed by atoms with Gasteiger partial charge < -0.3 is 9.80 Å². The second kappa shape index (κ2) is 7.95. The number of anilines is 2. The molecule has 3 rings (SSSR count). The van der Waals surface area contributed by atoms with Gasteiger partial charge in [-0.05, 0) is 37.6 Å². The summed E-state index contributed by atoms with van der Waals surface area (Å²) in [5.74, 6) is 0.166. The van der Waals surface area contributed by atoms with E-state index in [4.69, 9.17) is 0 Å². The molecule has 1 fully saturated rings. The van der Waals surface area contributed by atoms with Crippen LogP contribution in [0.5, 0.6) is 0 Å². The minimum atomic E-state index is -4.68. The van der Waals surface area contributed by atoms with E-state index < -0.39 is 22.7 Å². The topological polar surface area (TPSA) is 60.2 Å². The van der Waals surface area contributed by atoms with Crippen molar-refractivity contribution in [2.24, 2.45) is 0 Å². The van der Waals surface area contributed by atoms with Crippen molar-refractivity contribution in [2.45, 2.75) is 25.4 Å². The first-order chi connectivity index (χ1) is 13.6. The highest BCUT2D eigenvalue weighted by molar-refractivity contribution is 8.01. The number of nitrogens with zero attached hydrogens (tertiary/aromatic N) is 4. The van der Waals surface area contributed by atoms with Crippen LogP contribution < -0.4 is 9.80 Å². The smallest absolute Gasteiger partial charge is 0.334 e. The van der Waals surface area contributed by atoms with Crippen LogP contribution in [-0.2, 0) is 11.0 Å². The minimum absolute atomic E-state index is 0.0965. The Kier molecular flexibility index (Phi) is 5.75. The summed E-state index contributed by atoms with van der Waals surface area (Å²) in [5.41, 5.74) is 0.233. The van der Waals surface area contributed by atoms with E-state index in [2.05, 4.69) is 4.98 Å². The second-order valence-corrected chi connectivity index (χ2v) is 7.96. The molecule has 1 aromatic heterocycles. The summed E-state index contributed by atoms with van der Waals surface area (Å²) in [6.45, 7) is 3.68. The number of amides is 1. The Hall–Kier alpha value is -2.73. The Morgan fingerprint density at radius 2 is 2.07 bits per heavy atom. The Morgan fingerprint density at radius 1 is 1.34 bits per heavy atom. The van der Waals surface area contributed by atoms with Gasteiger partial charge in [0.05, 0.1) is 5.56 Å². The normalized spacial score (nSPS) is 16.6. The maximum atomic E-state index is 13.4. The molecule has 1 atom stereocenters. The molecule has 0 bridgehead atoms. The minimum Gasteiger partial charge on any atom is -0.334 e. The van der Waals surface area contributed by atoms with Gasteiger partial charge in [-0.1, -0.05) is 12.1 Å². The molecule has 1 aliphatic heterocycles. The lowest BCUT2D eigenvalue weighted by atomic mass is 10.1. The van der Waals surface area contributed by atoms with E-state index >= 15 is 0 Å². The molecule has 0 radical (unpaired) electrons.